The van der Waals surface area contributed by atoms with Crippen LogP contribution in [0.3, 0.4) is 0 Å². The minimum Gasteiger partial charge on any atom is -0.481 e. The highest BCUT2D eigenvalue weighted by Gasteiger charge is 2.59. The van der Waals surface area contributed by atoms with Crippen molar-refractivity contribution in [3.63, 3.8) is 0 Å². The monoisotopic (exact) mass is 565 g/mol. The Morgan fingerprint density at radius 2 is 1.03 bits per heavy atom. The molecule has 1 amide bonds. The van der Waals surface area contributed by atoms with Gasteiger partial charge in [-0.3, -0.25) is 23.7 Å². The molecule has 0 heterocycles. The summed E-state index contributed by atoms with van der Waals surface area (Å²) < 4.78 is 31.1. The lowest BCUT2D eigenvalue weighted by atomic mass is 9.80. The molecule has 0 aromatic heterocycles. The standard InChI is InChI=1S/C26H47NO10S/c1-2-3-4-5-6-7-8-9-10-11-12-13-14-15-16-17-18-26(25(33)34,38(35,36)37)21(22(27)28)19-20(23(29)30)24(31)32/h20-21H,2-19H2,1H3,(H2,27,28)(H,29,30)(H,31,32)(H,33,34)(H,35,36,37). The molecule has 0 aliphatic heterocycles. The lowest BCUT2D eigenvalue weighted by Gasteiger charge is -2.33. The molecule has 12 heteroatoms. The van der Waals surface area contributed by atoms with E-state index < -0.39 is 63.4 Å². The Kier molecular flexibility index (Phi) is 17.8. The van der Waals surface area contributed by atoms with Crippen molar-refractivity contribution in [2.75, 3.05) is 0 Å². The van der Waals surface area contributed by atoms with Crippen molar-refractivity contribution in [2.45, 2.75) is 127 Å². The summed E-state index contributed by atoms with van der Waals surface area (Å²) in [6, 6.07) is 0. The molecule has 0 rings (SSSR count). The maximum Gasteiger partial charge on any atom is 0.328 e. The van der Waals surface area contributed by atoms with Gasteiger partial charge in [0.05, 0.1) is 5.92 Å². The van der Waals surface area contributed by atoms with Crippen LogP contribution in [0.4, 0.5) is 0 Å². The Hall–Kier alpha value is -2.21. The van der Waals surface area contributed by atoms with Gasteiger partial charge in [0.2, 0.25) is 10.7 Å². The van der Waals surface area contributed by atoms with Crippen molar-refractivity contribution in [1.82, 2.24) is 0 Å². The first-order valence-electron chi connectivity index (χ1n) is 13.8. The Bertz CT molecular complexity index is 831. The van der Waals surface area contributed by atoms with Crippen LogP contribution in [-0.2, 0) is 29.3 Å². The highest BCUT2D eigenvalue weighted by Crippen LogP contribution is 2.37. The third-order valence-corrected chi connectivity index (χ3v) is 8.78. The minimum atomic E-state index is -5.47. The summed E-state index contributed by atoms with van der Waals surface area (Å²) in [6.45, 7) is 2.21. The van der Waals surface area contributed by atoms with Crippen molar-refractivity contribution in [1.29, 1.82) is 0 Å². The molecule has 0 fully saturated rings. The quantitative estimate of drug-likeness (QED) is 0.0588. The van der Waals surface area contributed by atoms with Crippen LogP contribution >= 0.6 is 0 Å². The zero-order valence-electron chi connectivity index (χ0n) is 22.6. The molecule has 11 nitrogen and oxygen atoms in total. The normalized spacial score (nSPS) is 14.2. The number of carbonyl (C=O) groups excluding carboxylic acids is 1. The van der Waals surface area contributed by atoms with Crippen molar-refractivity contribution in [2.24, 2.45) is 17.6 Å². The molecule has 0 radical (unpaired) electrons. The number of hydrogen-bond acceptors (Lipinski definition) is 6. The number of carbonyl (C=O) groups is 4. The second kappa shape index (κ2) is 18.9. The zero-order chi connectivity index (χ0) is 29.2. The van der Waals surface area contributed by atoms with Crippen LogP contribution in [0.15, 0.2) is 0 Å². The van der Waals surface area contributed by atoms with Crippen LogP contribution in [0.1, 0.15) is 122 Å². The topological polar surface area (TPSA) is 209 Å². The second-order valence-electron chi connectivity index (χ2n) is 10.1. The van der Waals surface area contributed by atoms with Crippen molar-refractivity contribution >= 4 is 33.9 Å². The van der Waals surface area contributed by atoms with Gasteiger partial charge in [-0.05, 0) is 12.8 Å². The average molecular weight is 566 g/mol. The summed E-state index contributed by atoms with van der Waals surface area (Å²) in [6.07, 6.45) is 14.7. The fraction of sp³-hybridized carbons (Fsp3) is 0.846. The molecule has 0 spiro atoms. The van der Waals surface area contributed by atoms with Gasteiger partial charge in [0.25, 0.3) is 10.1 Å². The number of carboxylic acids is 3. The van der Waals surface area contributed by atoms with Gasteiger partial charge in [0.1, 0.15) is 0 Å². The molecule has 222 valence electrons. The van der Waals surface area contributed by atoms with Gasteiger partial charge in [-0.1, -0.05) is 110 Å². The number of rotatable bonds is 25. The average Bonchev–Trinajstić information content (AvgIpc) is 2.80. The smallest absolute Gasteiger partial charge is 0.328 e. The van der Waals surface area contributed by atoms with Gasteiger partial charge in [-0.15, -0.1) is 0 Å². The van der Waals surface area contributed by atoms with Gasteiger partial charge < -0.3 is 21.1 Å². The van der Waals surface area contributed by atoms with Crippen LogP contribution in [0.5, 0.6) is 0 Å². The van der Waals surface area contributed by atoms with E-state index in [1.165, 1.54) is 57.8 Å². The molecule has 0 saturated carbocycles. The van der Waals surface area contributed by atoms with Crippen molar-refractivity contribution in [3.05, 3.63) is 0 Å². The van der Waals surface area contributed by atoms with Crippen LogP contribution in [0.25, 0.3) is 0 Å². The number of primary amides is 1. The van der Waals surface area contributed by atoms with Crippen molar-refractivity contribution in [3.8, 4) is 0 Å². The predicted octanol–water partition coefficient (Wildman–Crippen LogP) is 4.63. The number of hydrogen-bond donors (Lipinski definition) is 5. The fourth-order valence-electron chi connectivity index (χ4n) is 4.86. The van der Waals surface area contributed by atoms with Gasteiger partial charge in [0.15, 0.2) is 5.92 Å². The maximum atomic E-state index is 12.2. The van der Waals surface area contributed by atoms with Gasteiger partial charge >= 0.3 is 17.9 Å². The molecular weight excluding hydrogens is 518 g/mol. The number of carboxylic acid groups (broad SMARTS) is 3. The van der Waals surface area contributed by atoms with E-state index in [-0.39, 0.29) is 6.42 Å². The predicted molar refractivity (Wildman–Crippen MR) is 142 cm³/mol. The summed E-state index contributed by atoms with van der Waals surface area (Å²) >= 11 is 0. The van der Waals surface area contributed by atoms with E-state index in [1.54, 1.807) is 0 Å². The Balaban J connectivity index is 4.71. The molecule has 0 aliphatic carbocycles. The number of aliphatic carboxylic acids is 3. The van der Waals surface area contributed by atoms with Crippen molar-refractivity contribution < 1.29 is 47.5 Å². The van der Waals surface area contributed by atoms with Crippen LogP contribution in [0, 0.1) is 11.8 Å². The number of unbranched alkanes of at least 4 members (excludes halogenated alkanes) is 15. The Morgan fingerprint density at radius 3 is 1.29 bits per heavy atom. The molecule has 2 unspecified atom stereocenters. The van der Waals surface area contributed by atoms with Crippen LogP contribution < -0.4 is 5.73 Å². The summed E-state index contributed by atoms with van der Waals surface area (Å²) in [5.74, 6) is -11.9. The first-order valence-corrected chi connectivity index (χ1v) is 15.2. The Morgan fingerprint density at radius 1 is 0.684 bits per heavy atom. The Labute approximate surface area is 226 Å². The van der Waals surface area contributed by atoms with Gasteiger partial charge in [-0.2, -0.15) is 8.42 Å². The highest BCUT2D eigenvalue weighted by atomic mass is 32.2. The van der Waals surface area contributed by atoms with E-state index in [9.17, 15) is 37.3 Å². The first-order chi connectivity index (χ1) is 17.8. The maximum absolute atomic E-state index is 12.2. The van der Waals surface area contributed by atoms with E-state index in [1.807, 2.05) is 0 Å². The molecule has 0 aromatic carbocycles. The van der Waals surface area contributed by atoms with E-state index in [0.29, 0.717) is 12.8 Å². The molecule has 0 aromatic rings. The highest BCUT2D eigenvalue weighted by molar-refractivity contribution is 7.88. The first kappa shape index (κ1) is 35.8. The fourth-order valence-corrected chi connectivity index (χ4v) is 6.06. The second-order valence-corrected chi connectivity index (χ2v) is 11.8. The number of nitrogens with two attached hydrogens (primary N) is 1. The number of amides is 1. The third kappa shape index (κ3) is 12.6. The summed E-state index contributed by atoms with van der Waals surface area (Å²) in [5.41, 5.74) is 5.20. The summed E-state index contributed by atoms with van der Waals surface area (Å²) in [7, 11) is -5.47. The molecule has 0 bridgehead atoms. The molecule has 0 saturated heterocycles. The zero-order valence-corrected chi connectivity index (χ0v) is 23.4. The van der Waals surface area contributed by atoms with E-state index in [0.717, 1.165) is 25.7 Å². The van der Waals surface area contributed by atoms with E-state index in [2.05, 4.69) is 6.92 Å². The minimum absolute atomic E-state index is 0.00106. The van der Waals surface area contributed by atoms with E-state index >= 15 is 0 Å². The van der Waals surface area contributed by atoms with Gasteiger partial charge in [-0.25, -0.2) is 0 Å². The lowest BCUT2D eigenvalue weighted by molar-refractivity contribution is -0.157. The molecule has 0 aliphatic rings. The summed E-state index contributed by atoms with van der Waals surface area (Å²) in [5, 5.41) is 28.0. The SMILES string of the molecule is CCCCCCCCCCCCCCCCCCC(C(=O)O)(C(CC(C(=O)O)C(=O)O)C(N)=O)S(=O)(=O)O. The van der Waals surface area contributed by atoms with E-state index in [4.69, 9.17) is 15.9 Å². The van der Waals surface area contributed by atoms with Crippen LogP contribution in [-0.4, -0.2) is 56.9 Å². The summed E-state index contributed by atoms with van der Waals surface area (Å²) in [4.78, 5) is 46.7. The molecular formula is C26H47NO10S. The van der Waals surface area contributed by atoms with Crippen LogP contribution in [0.2, 0.25) is 0 Å². The largest absolute Gasteiger partial charge is 0.481 e. The molecule has 2 atom stereocenters. The third-order valence-electron chi connectivity index (χ3n) is 7.20. The van der Waals surface area contributed by atoms with Gasteiger partial charge in [0, 0.05) is 0 Å². The molecule has 38 heavy (non-hydrogen) atoms. The molecule has 6 N–H and O–H groups in total. The lowest BCUT2D eigenvalue weighted by Crippen LogP contribution is -2.57.